The molecule has 4 nitrogen and oxygen atoms in total. The molecule has 0 saturated heterocycles. The summed E-state index contributed by atoms with van der Waals surface area (Å²) in [6.07, 6.45) is 5.25. The second-order valence-corrected chi connectivity index (χ2v) is 9.23. The highest BCUT2D eigenvalue weighted by molar-refractivity contribution is 8.00. The van der Waals surface area contributed by atoms with E-state index in [1.807, 2.05) is 17.9 Å². The fourth-order valence-electron chi connectivity index (χ4n) is 3.70. The topological polar surface area (TPSA) is 57.0 Å². The lowest BCUT2D eigenvalue weighted by molar-refractivity contribution is -0.131. The molecule has 6 heteroatoms. The molecule has 0 radical (unpaired) electrons. The number of aryl methyl sites for hydroxylation is 2. The molecule has 0 spiro atoms. The number of carbonyl (C=O) groups is 1. The van der Waals surface area contributed by atoms with Crippen LogP contribution >= 0.6 is 23.1 Å². The highest BCUT2D eigenvalue weighted by Gasteiger charge is 2.27. The van der Waals surface area contributed by atoms with Crippen LogP contribution in [-0.4, -0.2) is 27.6 Å². The molecule has 0 bridgehead atoms. The van der Waals surface area contributed by atoms with E-state index < -0.39 is 0 Å². The third-order valence-corrected chi connectivity index (χ3v) is 7.25. The van der Waals surface area contributed by atoms with E-state index in [0.717, 1.165) is 37.9 Å². The molecule has 0 aromatic carbocycles. The van der Waals surface area contributed by atoms with Gasteiger partial charge in [0.1, 0.15) is 11.1 Å². The Bertz CT molecular complexity index is 884. The Hall–Kier alpha value is -1.84. The van der Waals surface area contributed by atoms with E-state index in [0.29, 0.717) is 17.1 Å². The van der Waals surface area contributed by atoms with Gasteiger partial charge in [-0.1, -0.05) is 11.8 Å². The van der Waals surface area contributed by atoms with E-state index in [-0.39, 0.29) is 11.2 Å². The number of pyridine rings is 1. The van der Waals surface area contributed by atoms with E-state index in [4.69, 9.17) is 4.98 Å². The van der Waals surface area contributed by atoms with Crippen LogP contribution in [0.4, 0.5) is 0 Å². The first-order valence-electron chi connectivity index (χ1n) is 9.09. The van der Waals surface area contributed by atoms with Crippen LogP contribution in [0.15, 0.2) is 22.5 Å². The molecule has 4 rings (SSSR count). The van der Waals surface area contributed by atoms with Gasteiger partial charge in [0, 0.05) is 23.7 Å². The Morgan fingerprint density at radius 1 is 1.35 bits per heavy atom. The molecule has 1 unspecified atom stereocenters. The maximum absolute atomic E-state index is 12.9. The first kappa shape index (κ1) is 17.6. The predicted octanol–water partition coefficient (Wildman–Crippen LogP) is 3.96. The van der Waals surface area contributed by atoms with Gasteiger partial charge in [-0.05, 0) is 67.7 Å². The molecular weight excluding hydrogens is 362 g/mol. The number of nitrogens with zero attached hydrogens (tertiary/aromatic N) is 3. The normalized spacial score (nSPS) is 17.2. The number of hydrogen-bond donors (Lipinski definition) is 0. The molecule has 1 aliphatic heterocycles. The summed E-state index contributed by atoms with van der Waals surface area (Å²) in [6, 6.07) is 6.38. The Morgan fingerprint density at radius 2 is 2.19 bits per heavy atom. The van der Waals surface area contributed by atoms with E-state index in [1.165, 1.54) is 34.2 Å². The maximum Gasteiger partial charge on any atom is 0.236 e. The van der Waals surface area contributed by atoms with Gasteiger partial charge in [0.15, 0.2) is 0 Å². The minimum Gasteiger partial charge on any atom is -0.337 e. The number of thioether (sulfide) groups is 1. The smallest absolute Gasteiger partial charge is 0.236 e. The number of aromatic nitrogens is 1. The molecular formula is C20H21N3OS2. The first-order valence-corrected chi connectivity index (χ1v) is 10.8. The van der Waals surface area contributed by atoms with Crippen LogP contribution in [0.1, 0.15) is 47.0 Å². The zero-order valence-electron chi connectivity index (χ0n) is 14.8. The van der Waals surface area contributed by atoms with Gasteiger partial charge in [-0.25, -0.2) is 4.98 Å². The summed E-state index contributed by atoms with van der Waals surface area (Å²) in [6.45, 7) is 3.41. The molecule has 0 N–H and O–H groups in total. The highest BCUT2D eigenvalue weighted by Crippen LogP contribution is 2.31. The second kappa shape index (κ2) is 7.42. The van der Waals surface area contributed by atoms with Gasteiger partial charge < -0.3 is 4.90 Å². The van der Waals surface area contributed by atoms with Crippen LogP contribution in [-0.2, 0) is 30.6 Å². The first-order chi connectivity index (χ1) is 12.7. The number of hydrogen-bond acceptors (Lipinski definition) is 5. The third kappa shape index (κ3) is 3.38. The maximum atomic E-state index is 12.9. The average molecular weight is 384 g/mol. The van der Waals surface area contributed by atoms with Crippen molar-refractivity contribution in [3.8, 4) is 6.07 Å². The van der Waals surface area contributed by atoms with E-state index >= 15 is 0 Å². The van der Waals surface area contributed by atoms with Gasteiger partial charge >= 0.3 is 0 Å². The molecule has 2 aliphatic rings. The standard InChI is InChI=1S/C20H21N3OS2/c1-13(20(24)23-8-6-18-15(12-23)7-9-25-18)26-19-16(11-21)10-14-4-2-3-5-17(14)22-19/h7,9-10,13H,2-6,8,12H2,1H3. The highest BCUT2D eigenvalue weighted by atomic mass is 32.2. The van der Waals surface area contributed by atoms with Crippen LogP contribution < -0.4 is 0 Å². The molecule has 134 valence electrons. The molecule has 0 saturated carbocycles. The molecule has 2 aromatic rings. The van der Waals surface area contributed by atoms with E-state index in [2.05, 4.69) is 17.5 Å². The van der Waals surface area contributed by atoms with Crippen molar-refractivity contribution < 1.29 is 4.79 Å². The minimum absolute atomic E-state index is 0.135. The summed E-state index contributed by atoms with van der Waals surface area (Å²) >= 11 is 3.21. The summed E-state index contributed by atoms with van der Waals surface area (Å²) in [7, 11) is 0. The fraction of sp³-hybridized carbons (Fsp3) is 0.450. The quantitative estimate of drug-likeness (QED) is 0.753. The van der Waals surface area contributed by atoms with Gasteiger partial charge in [0.2, 0.25) is 5.91 Å². The summed E-state index contributed by atoms with van der Waals surface area (Å²) < 4.78 is 0. The molecule has 2 aromatic heterocycles. The number of rotatable bonds is 3. The lowest BCUT2D eigenvalue weighted by atomic mass is 9.95. The number of nitriles is 1. The van der Waals surface area contributed by atoms with Crippen molar-refractivity contribution in [2.45, 2.75) is 55.8 Å². The van der Waals surface area contributed by atoms with Crippen LogP contribution in [0.5, 0.6) is 0 Å². The van der Waals surface area contributed by atoms with Gasteiger partial charge in [-0.15, -0.1) is 11.3 Å². The lowest BCUT2D eigenvalue weighted by Gasteiger charge is -2.29. The predicted molar refractivity (Wildman–Crippen MR) is 104 cm³/mol. The summed E-state index contributed by atoms with van der Waals surface area (Å²) in [5.74, 6) is 0.135. The van der Waals surface area contributed by atoms with Crippen molar-refractivity contribution in [1.82, 2.24) is 9.88 Å². The van der Waals surface area contributed by atoms with Crippen molar-refractivity contribution in [1.29, 1.82) is 5.26 Å². The Labute approximate surface area is 162 Å². The number of carbonyl (C=O) groups excluding carboxylic acids is 1. The van der Waals surface area contributed by atoms with Gasteiger partial charge in [-0.2, -0.15) is 5.26 Å². The fourth-order valence-corrected chi connectivity index (χ4v) is 5.57. The molecule has 1 atom stereocenters. The van der Waals surface area contributed by atoms with Crippen LogP contribution in [0.2, 0.25) is 0 Å². The van der Waals surface area contributed by atoms with Crippen molar-refractivity contribution in [3.05, 3.63) is 44.8 Å². The molecule has 1 amide bonds. The lowest BCUT2D eigenvalue weighted by Crippen LogP contribution is -2.39. The Morgan fingerprint density at radius 3 is 3.04 bits per heavy atom. The molecule has 26 heavy (non-hydrogen) atoms. The van der Waals surface area contributed by atoms with Gasteiger partial charge in [0.05, 0.1) is 10.8 Å². The Kier molecular flexibility index (Phi) is 5.01. The molecule has 3 heterocycles. The minimum atomic E-state index is -0.239. The van der Waals surface area contributed by atoms with Crippen molar-refractivity contribution in [3.63, 3.8) is 0 Å². The monoisotopic (exact) mass is 383 g/mol. The van der Waals surface area contributed by atoms with Gasteiger partial charge in [0.25, 0.3) is 0 Å². The van der Waals surface area contributed by atoms with Crippen molar-refractivity contribution in [2.75, 3.05) is 6.54 Å². The number of amides is 1. The summed E-state index contributed by atoms with van der Waals surface area (Å²) in [4.78, 5) is 21.0. The SMILES string of the molecule is CC(Sc1nc2c(cc1C#N)CCCC2)C(=O)N1CCc2sccc2C1. The van der Waals surface area contributed by atoms with E-state index in [1.54, 1.807) is 11.3 Å². The van der Waals surface area contributed by atoms with Crippen LogP contribution in [0, 0.1) is 11.3 Å². The largest absolute Gasteiger partial charge is 0.337 e. The number of thiophene rings is 1. The summed E-state index contributed by atoms with van der Waals surface area (Å²) in [5.41, 5.74) is 4.20. The Balaban J connectivity index is 1.50. The van der Waals surface area contributed by atoms with E-state index in [9.17, 15) is 10.1 Å². The molecule has 1 aliphatic carbocycles. The zero-order chi connectivity index (χ0) is 18.1. The average Bonchev–Trinajstić information content (AvgIpc) is 3.14. The second-order valence-electron chi connectivity index (χ2n) is 6.90. The molecule has 0 fully saturated rings. The third-order valence-electron chi connectivity index (χ3n) is 5.14. The van der Waals surface area contributed by atoms with Crippen LogP contribution in [0.3, 0.4) is 0 Å². The summed E-state index contributed by atoms with van der Waals surface area (Å²) in [5, 5.41) is 12.1. The van der Waals surface area contributed by atoms with Crippen LogP contribution in [0.25, 0.3) is 0 Å². The van der Waals surface area contributed by atoms with Crippen molar-refractivity contribution >= 4 is 29.0 Å². The van der Waals surface area contributed by atoms with Gasteiger partial charge in [-0.3, -0.25) is 4.79 Å². The number of fused-ring (bicyclic) bond motifs is 2. The zero-order valence-corrected chi connectivity index (χ0v) is 16.5. The van der Waals surface area contributed by atoms with Crippen molar-refractivity contribution in [2.24, 2.45) is 0 Å².